The number of nitrogen functional groups attached to an aromatic ring is 1. The molecule has 0 spiro atoms. The summed E-state index contributed by atoms with van der Waals surface area (Å²) in [5.74, 6) is -0.195. The van der Waals surface area contributed by atoms with E-state index in [1.807, 2.05) is 0 Å². The lowest BCUT2D eigenvalue weighted by atomic mass is 9.99. The number of piperidine rings is 1. The molecule has 0 radical (unpaired) electrons. The lowest BCUT2D eigenvalue weighted by Gasteiger charge is -2.35. The SMILES string of the molecule is CC[C@H]1CCCCN1Cc1cc(F)ccc1N. The predicted molar refractivity (Wildman–Crippen MR) is 69.2 cm³/mol. The second-order valence-corrected chi connectivity index (χ2v) is 4.87. The monoisotopic (exact) mass is 236 g/mol. The third-order valence-electron chi connectivity index (χ3n) is 3.70. The van der Waals surface area contributed by atoms with Crippen LogP contribution in [0.25, 0.3) is 0 Å². The van der Waals surface area contributed by atoms with E-state index < -0.39 is 0 Å². The highest BCUT2D eigenvalue weighted by atomic mass is 19.1. The molecule has 3 heteroatoms. The Morgan fingerprint density at radius 3 is 3.00 bits per heavy atom. The van der Waals surface area contributed by atoms with Gasteiger partial charge in [0.15, 0.2) is 0 Å². The van der Waals surface area contributed by atoms with Crippen molar-refractivity contribution in [3.8, 4) is 0 Å². The van der Waals surface area contributed by atoms with Crippen LogP contribution in [-0.2, 0) is 6.54 Å². The minimum absolute atomic E-state index is 0.195. The minimum atomic E-state index is -0.195. The molecule has 2 nitrogen and oxygen atoms in total. The summed E-state index contributed by atoms with van der Waals surface area (Å²) < 4.78 is 13.2. The first kappa shape index (κ1) is 12.4. The summed E-state index contributed by atoms with van der Waals surface area (Å²) in [6.45, 7) is 4.11. The van der Waals surface area contributed by atoms with Gasteiger partial charge in [-0.2, -0.15) is 0 Å². The van der Waals surface area contributed by atoms with Gasteiger partial charge in [-0.05, 0) is 49.6 Å². The summed E-state index contributed by atoms with van der Waals surface area (Å²) in [6.07, 6.45) is 4.97. The number of likely N-dealkylation sites (tertiary alicyclic amines) is 1. The molecule has 1 atom stereocenters. The van der Waals surface area contributed by atoms with E-state index in [0.29, 0.717) is 11.7 Å². The van der Waals surface area contributed by atoms with Crippen molar-refractivity contribution in [2.24, 2.45) is 0 Å². The van der Waals surface area contributed by atoms with Gasteiger partial charge in [0.25, 0.3) is 0 Å². The van der Waals surface area contributed by atoms with Crippen molar-refractivity contribution in [1.29, 1.82) is 0 Å². The highest BCUT2D eigenvalue weighted by Gasteiger charge is 2.21. The van der Waals surface area contributed by atoms with E-state index in [1.54, 1.807) is 12.1 Å². The first-order valence-electron chi connectivity index (χ1n) is 6.48. The summed E-state index contributed by atoms with van der Waals surface area (Å²) in [4.78, 5) is 2.44. The van der Waals surface area contributed by atoms with Crippen LogP contribution in [0.5, 0.6) is 0 Å². The van der Waals surface area contributed by atoms with E-state index in [1.165, 1.54) is 25.3 Å². The molecule has 17 heavy (non-hydrogen) atoms. The lowest BCUT2D eigenvalue weighted by molar-refractivity contribution is 0.136. The highest BCUT2D eigenvalue weighted by Crippen LogP contribution is 2.24. The molecule has 1 saturated heterocycles. The number of benzene rings is 1. The average molecular weight is 236 g/mol. The van der Waals surface area contributed by atoms with Crippen LogP contribution < -0.4 is 5.73 Å². The summed E-state index contributed by atoms with van der Waals surface area (Å²) >= 11 is 0. The van der Waals surface area contributed by atoms with E-state index in [-0.39, 0.29) is 5.82 Å². The molecule has 1 fully saturated rings. The van der Waals surface area contributed by atoms with Gasteiger partial charge in [0.2, 0.25) is 0 Å². The summed E-state index contributed by atoms with van der Waals surface area (Å²) in [7, 11) is 0. The van der Waals surface area contributed by atoms with Gasteiger partial charge in [0.05, 0.1) is 0 Å². The van der Waals surface area contributed by atoms with Gasteiger partial charge in [0.1, 0.15) is 5.82 Å². The predicted octanol–water partition coefficient (Wildman–Crippen LogP) is 3.17. The maximum Gasteiger partial charge on any atom is 0.123 e. The van der Waals surface area contributed by atoms with Crippen molar-refractivity contribution in [3.05, 3.63) is 29.6 Å². The number of hydrogen-bond donors (Lipinski definition) is 1. The molecular formula is C14H21FN2. The zero-order valence-electron chi connectivity index (χ0n) is 10.5. The fraction of sp³-hybridized carbons (Fsp3) is 0.571. The van der Waals surface area contributed by atoms with E-state index in [0.717, 1.165) is 25.1 Å². The third-order valence-corrected chi connectivity index (χ3v) is 3.70. The molecule has 1 aliphatic rings. The van der Waals surface area contributed by atoms with Gasteiger partial charge < -0.3 is 5.73 Å². The van der Waals surface area contributed by atoms with E-state index in [9.17, 15) is 4.39 Å². The lowest BCUT2D eigenvalue weighted by Crippen LogP contribution is -2.38. The molecule has 1 heterocycles. The van der Waals surface area contributed by atoms with Crippen LogP contribution in [0.15, 0.2) is 18.2 Å². The fourth-order valence-electron chi connectivity index (χ4n) is 2.66. The Hall–Kier alpha value is -1.09. The second-order valence-electron chi connectivity index (χ2n) is 4.87. The van der Waals surface area contributed by atoms with Crippen LogP contribution in [0, 0.1) is 5.82 Å². The Bertz CT molecular complexity index is 378. The van der Waals surface area contributed by atoms with E-state index >= 15 is 0 Å². The molecule has 1 aliphatic heterocycles. The number of anilines is 1. The Labute approximate surface area is 103 Å². The van der Waals surface area contributed by atoms with Crippen molar-refractivity contribution in [3.63, 3.8) is 0 Å². The van der Waals surface area contributed by atoms with Gasteiger partial charge >= 0.3 is 0 Å². The maximum atomic E-state index is 13.2. The largest absolute Gasteiger partial charge is 0.398 e. The zero-order valence-corrected chi connectivity index (χ0v) is 10.5. The number of nitrogens with two attached hydrogens (primary N) is 1. The van der Waals surface area contributed by atoms with Crippen LogP contribution >= 0.6 is 0 Å². The van der Waals surface area contributed by atoms with Crippen molar-refractivity contribution < 1.29 is 4.39 Å². The zero-order chi connectivity index (χ0) is 12.3. The van der Waals surface area contributed by atoms with Crippen LogP contribution in [-0.4, -0.2) is 17.5 Å². The highest BCUT2D eigenvalue weighted by molar-refractivity contribution is 5.46. The standard InChI is InChI=1S/C14H21FN2/c1-2-13-5-3-4-8-17(13)10-11-9-12(15)6-7-14(11)16/h6-7,9,13H,2-5,8,10,16H2,1H3/t13-/m0/s1. The Kier molecular flexibility index (Phi) is 4.00. The van der Waals surface area contributed by atoms with E-state index in [4.69, 9.17) is 5.73 Å². The molecule has 0 amide bonds. The topological polar surface area (TPSA) is 29.3 Å². The van der Waals surface area contributed by atoms with Gasteiger partial charge in [-0.1, -0.05) is 13.3 Å². The van der Waals surface area contributed by atoms with Crippen molar-refractivity contribution in [2.75, 3.05) is 12.3 Å². The molecule has 0 unspecified atom stereocenters. The molecule has 1 aromatic carbocycles. The molecule has 2 N–H and O–H groups in total. The third kappa shape index (κ3) is 2.97. The molecule has 94 valence electrons. The number of nitrogens with zero attached hydrogens (tertiary/aromatic N) is 1. The van der Waals surface area contributed by atoms with E-state index in [2.05, 4.69) is 11.8 Å². The first-order valence-corrected chi connectivity index (χ1v) is 6.48. The van der Waals surface area contributed by atoms with Crippen LogP contribution in [0.3, 0.4) is 0 Å². The van der Waals surface area contributed by atoms with Crippen molar-refractivity contribution in [2.45, 2.75) is 45.2 Å². The maximum absolute atomic E-state index is 13.2. The molecule has 1 aromatic rings. The molecule has 0 bridgehead atoms. The summed E-state index contributed by atoms with van der Waals surface area (Å²) in [5, 5.41) is 0. The fourth-order valence-corrected chi connectivity index (χ4v) is 2.66. The first-order chi connectivity index (χ1) is 8.20. The van der Waals surface area contributed by atoms with Crippen LogP contribution in [0.2, 0.25) is 0 Å². The van der Waals surface area contributed by atoms with Crippen LogP contribution in [0.1, 0.15) is 38.2 Å². The van der Waals surface area contributed by atoms with Gasteiger partial charge in [0, 0.05) is 18.3 Å². The number of hydrogen-bond acceptors (Lipinski definition) is 2. The Morgan fingerprint density at radius 1 is 1.41 bits per heavy atom. The molecular weight excluding hydrogens is 215 g/mol. The quantitative estimate of drug-likeness (QED) is 0.817. The normalized spacial score (nSPS) is 21.6. The Balaban J connectivity index is 2.10. The average Bonchev–Trinajstić information content (AvgIpc) is 2.34. The summed E-state index contributed by atoms with van der Waals surface area (Å²) in [5.41, 5.74) is 7.52. The second kappa shape index (κ2) is 5.50. The molecule has 0 aromatic heterocycles. The van der Waals surface area contributed by atoms with Gasteiger partial charge in [-0.15, -0.1) is 0 Å². The molecule has 2 rings (SSSR count). The minimum Gasteiger partial charge on any atom is -0.398 e. The smallest absolute Gasteiger partial charge is 0.123 e. The van der Waals surface area contributed by atoms with Crippen molar-refractivity contribution >= 4 is 5.69 Å². The van der Waals surface area contributed by atoms with Crippen molar-refractivity contribution in [1.82, 2.24) is 4.90 Å². The summed E-state index contributed by atoms with van der Waals surface area (Å²) in [6, 6.07) is 5.28. The van der Waals surface area contributed by atoms with Crippen LogP contribution in [0.4, 0.5) is 10.1 Å². The molecule has 0 saturated carbocycles. The van der Waals surface area contributed by atoms with Gasteiger partial charge in [-0.25, -0.2) is 4.39 Å². The number of rotatable bonds is 3. The number of halogens is 1. The Morgan fingerprint density at radius 2 is 2.24 bits per heavy atom. The van der Waals surface area contributed by atoms with Gasteiger partial charge in [-0.3, -0.25) is 4.90 Å². The molecule has 0 aliphatic carbocycles.